The molecule has 326 valence electrons. The monoisotopic (exact) mass is 821 g/mol. The zero-order chi connectivity index (χ0) is 43.6. The lowest BCUT2D eigenvalue weighted by Crippen LogP contribution is -2.82. The average Bonchev–Trinajstić information content (AvgIpc) is 3.06. The number of esters is 4. The van der Waals surface area contributed by atoms with Gasteiger partial charge >= 0.3 is 30.0 Å². The maximum Gasteiger partial charge on any atom is 0.407 e. The molecule has 2 saturated heterocycles. The molecule has 5 rings (SSSR count). The molecule has 0 aromatic carbocycles. The molecule has 3 bridgehead atoms. The van der Waals surface area contributed by atoms with E-state index in [4.69, 9.17) is 28.4 Å². The van der Waals surface area contributed by atoms with Gasteiger partial charge in [0.15, 0.2) is 23.6 Å². The number of aliphatic hydroxyl groups is 3. The lowest BCUT2D eigenvalue weighted by molar-refractivity contribution is -0.347. The molecule has 2 saturated carbocycles. The van der Waals surface area contributed by atoms with E-state index in [0.717, 1.165) is 6.92 Å². The number of alkyl carbamates (subject to hydrolysis) is 1. The first-order valence-electron chi connectivity index (χ1n) is 20.3. The third-order valence-corrected chi connectivity index (χ3v) is 13.3. The first kappa shape index (κ1) is 45.5. The molecule has 11 atom stereocenters. The summed E-state index contributed by atoms with van der Waals surface area (Å²) in [5.74, 6) is -5.83. The summed E-state index contributed by atoms with van der Waals surface area (Å²) < 4.78 is 35.7. The van der Waals surface area contributed by atoms with Crippen molar-refractivity contribution in [1.82, 2.24) is 5.32 Å². The fourth-order valence-electron chi connectivity index (χ4n) is 10.2. The zero-order valence-corrected chi connectivity index (χ0v) is 35.7. The highest BCUT2D eigenvalue weighted by molar-refractivity contribution is 5.95. The van der Waals surface area contributed by atoms with Gasteiger partial charge in [0, 0.05) is 32.1 Å². The summed E-state index contributed by atoms with van der Waals surface area (Å²) in [7, 11) is 0. The van der Waals surface area contributed by atoms with E-state index in [-0.39, 0.29) is 37.0 Å². The van der Waals surface area contributed by atoms with E-state index >= 15 is 4.79 Å². The van der Waals surface area contributed by atoms with Crippen LogP contribution < -0.4 is 5.32 Å². The number of amides is 1. The number of hydrogen-bond donors (Lipinski definition) is 4. The fourth-order valence-corrected chi connectivity index (χ4v) is 10.2. The summed E-state index contributed by atoms with van der Waals surface area (Å²) in [6.07, 6.45) is -8.57. The quantitative estimate of drug-likeness (QED) is 0.181. The first-order valence-corrected chi connectivity index (χ1v) is 20.3. The number of fused-ring (bicyclic) bond motifs is 6. The van der Waals surface area contributed by atoms with Crippen LogP contribution >= 0.6 is 0 Å². The van der Waals surface area contributed by atoms with Crippen LogP contribution in [0.3, 0.4) is 0 Å². The molecular formula is C42H63NO15. The molecular weight excluding hydrogens is 758 g/mol. The number of Topliss-reactive ketones (excluding diaryl/α,β-unsaturated/α-hetero) is 1. The molecule has 4 fully saturated rings. The normalized spacial score (nSPS) is 39.2. The second-order valence-electron chi connectivity index (χ2n) is 19.5. The topological polar surface area (TPSA) is 231 Å². The number of nitrogens with one attached hydrogen (secondary N) is 1. The Morgan fingerprint density at radius 2 is 1.59 bits per heavy atom. The SMILES string of the molecule is CC(=O)O[C@@H]1C(=O)[C@@]2(C)[C@H]([C@H]3OC(=O)CC(C)(C)CCCCC[C@@H](NC(=O)OC(C)(C)C)[C@H](O)C(=O)O[C@H]4C[C@@]3(O)C(C)(C)C1=C4C)[C@@]1(OC(C)=O)CO[C@@H]1C[C@@H]2O. The average molecular weight is 822 g/mol. The molecule has 4 N–H and O–H groups in total. The minimum Gasteiger partial charge on any atom is -0.459 e. The van der Waals surface area contributed by atoms with Crippen LogP contribution in [0, 0.1) is 22.2 Å². The van der Waals surface area contributed by atoms with Gasteiger partial charge in [-0.3, -0.25) is 19.2 Å². The van der Waals surface area contributed by atoms with Gasteiger partial charge in [-0.2, -0.15) is 0 Å². The van der Waals surface area contributed by atoms with Crippen LogP contribution in [-0.2, 0) is 52.4 Å². The Morgan fingerprint density at radius 3 is 2.16 bits per heavy atom. The van der Waals surface area contributed by atoms with Gasteiger partial charge < -0.3 is 49.1 Å². The van der Waals surface area contributed by atoms with Gasteiger partial charge in [0.2, 0.25) is 0 Å². The lowest BCUT2D eigenvalue weighted by Gasteiger charge is -2.67. The maximum atomic E-state index is 15.4. The molecule has 5 aliphatic rings. The van der Waals surface area contributed by atoms with E-state index in [1.54, 1.807) is 41.5 Å². The van der Waals surface area contributed by atoms with Crippen LogP contribution in [0.4, 0.5) is 4.79 Å². The Kier molecular flexibility index (Phi) is 12.4. The van der Waals surface area contributed by atoms with Gasteiger partial charge in [0.1, 0.15) is 29.5 Å². The minimum absolute atomic E-state index is 0.0388. The molecule has 3 aliphatic carbocycles. The molecule has 2 heterocycles. The standard InChI is InChI=1S/C42H63NO15/c1-21-25-18-42(52)34(56-28(47)19-38(7,8)16-14-12-13-15-24(30(48)35(50)55-25)43-36(51)58-37(4,5)6)32-40(11,26(46)17-27-41(32,20-53-27)57-23(3)45)33(49)31(54-22(2)44)29(21)39(42,9)10/h24-27,30-32,34,46,48,52H,12-20H2,1-11H3,(H,43,51)/t24-,25+,26+,27-,30+,31+,32+,34-,40-,41-,42+/m1/s1. The van der Waals surface area contributed by atoms with E-state index in [9.17, 15) is 39.3 Å². The van der Waals surface area contributed by atoms with Crippen LogP contribution in [0.1, 0.15) is 128 Å². The van der Waals surface area contributed by atoms with E-state index in [1.165, 1.54) is 13.8 Å². The Bertz CT molecular complexity index is 1710. The number of hydrogen-bond acceptors (Lipinski definition) is 15. The second kappa shape index (κ2) is 15.8. The van der Waals surface area contributed by atoms with Crippen molar-refractivity contribution in [1.29, 1.82) is 0 Å². The van der Waals surface area contributed by atoms with Crippen LogP contribution in [0.25, 0.3) is 0 Å². The van der Waals surface area contributed by atoms with Crippen LogP contribution in [0.5, 0.6) is 0 Å². The van der Waals surface area contributed by atoms with Gasteiger partial charge in [0.05, 0.1) is 36.5 Å². The lowest BCUT2D eigenvalue weighted by atomic mass is 9.44. The van der Waals surface area contributed by atoms with Crippen molar-refractivity contribution in [3.63, 3.8) is 0 Å². The number of aliphatic hydroxyl groups excluding tert-OH is 2. The van der Waals surface area contributed by atoms with Crippen LogP contribution in [-0.4, -0.2) is 117 Å². The van der Waals surface area contributed by atoms with Crippen LogP contribution in [0.2, 0.25) is 0 Å². The number of carbonyl (C=O) groups excluding carboxylic acids is 6. The van der Waals surface area contributed by atoms with Gasteiger partial charge in [0.25, 0.3) is 0 Å². The summed E-state index contributed by atoms with van der Waals surface area (Å²) >= 11 is 0. The molecule has 0 radical (unpaired) electrons. The molecule has 0 aromatic heterocycles. The van der Waals surface area contributed by atoms with Crippen LogP contribution in [0.15, 0.2) is 11.1 Å². The van der Waals surface area contributed by atoms with E-state index in [1.807, 2.05) is 13.8 Å². The van der Waals surface area contributed by atoms with Crippen molar-refractivity contribution >= 4 is 35.8 Å². The van der Waals surface area contributed by atoms with Gasteiger partial charge in [-0.05, 0) is 64.0 Å². The molecule has 16 nitrogen and oxygen atoms in total. The Morgan fingerprint density at radius 1 is 0.931 bits per heavy atom. The Balaban J connectivity index is 1.76. The molecule has 0 unspecified atom stereocenters. The van der Waals surface area contributed by atoms with E-state index < -0.39 is 124 Å². The highest BCUT2D eigenvalue weighted by atomic mass is 16.6. The number of ketones is 1. The fraction of sp³-hybridized carbons (Fsp3) is 0.810. The molecule has 2 aliphatic heterocycles. The molecule has 58 heavy (non-hydrogen) atoms. The predicted octanol–water partition coefficient (Wildman–Crippen LogP) is 3.52. The highest BCUT2D eigenvalue weighted by Gasteiger charge is 2.78. The van der Waals surface area contributed by atoms with Gasteiger partial charge in [-0.1, -0.05) is 47.0 Å². The predicted molar refractivity (Wildman–Crippen MR) is 203 cm³/mol. The van der Waals surface area contributed by atoms with Crippen molar-refractivity contribution < 1.29 is 72.5 Å². The van der Waals surface area contributed by atoms with Crippen molar-refractivity contribution in [3.05, 3.63) is 11.1 Å². The second-order valence-corrected chi connectivity index (χ2v) is 19.5. The first-order chi connectivity index (χ1) is 26.6. The van der Waals surface area contributed by atoms with Gasteiger partial charge in [-0.15, -0.1) is 0 Å². The molecule has 1 amide bonds. The highest BCUT2D eigenvalue weighted by Crippen LogP contribution is 2.64. The van der Waals surface area contributed by atoms with Crippen molar-refractivity contribution in [2.24, 2.45) is 22.2 Å². The number of carbonyl (C=O) groups is 6. The zero-order valence-electron chi connectivity index (χ0n) is 35.7. The molecule has 0 aromatic rings. The van der Waals surface area contributed by atoms with Crippen molar-refractivity contribution in [2.75, 3.05) is 6.61 Å². The summed E-state index contributed by atoms with van der Waals surface area (Å²) in [4.78, 5) is 82.6. The molecule has 0 spiro atoms. The molecule has 16 heteroatoms. The van der Waals surface area contributed by atoms with Gasteiger partial charge in [-0.25, -0.2) is 9.59 Å². The van der Waals surface area contributed by atoms with E-state index in [2.05, 4.69) is 5.32 Å². The summed E-state index contributed by atoms with van der Waals surface area (Å²) in [5, 5.41) is 39.8. The Hall–Kier alpha value is -3.60. The van der Waals surface area contributed by atoms with E-state index in [0.29, 0.717) is 25.7 Å². The van der Waals surface area contributed by atoms with Crippen molar-refractivity contribution in [2.45, 2.75) is 187 Å². The summed E-state index contributed by atoms with van der Waals surface area (Å²) in [6, 6.07) is -1.15. The summed E-state index contributed by atoms with van der Waals surface area (Å²) in [6.45, 7) is 16.9. The third kappa shape index (κ3) is 8.14. The summed E-state index contributed by atoms with van der Waals surface area (Å²) in [5.41, 5.74) is -8.90. The van der Waals surface area contributed by atoms with Crippen molar-refractivity contribution in [3.8, 4) is 0 Å². The minimum atomic E-state index is -2.31. The smallest absolute Gasteiger partial charge is 0.407 e. The Labute approximate surface area is 340 Å². The maximum absolute atomic E-state index is 15.4. The third-order valence-electron chi connectivity index (χ3n) is 13.3. The number of rotatable bonds is 3. The largest absolute Gasteiger partial charge is 0.459 e. The number of ether oxygens (including phenoxy) is 6.